The third-order valence-corrected chi connectivity index (χ3v) is 4.42. The predicted octanol–water partition coefficient (Wildman–Crippen LogP) is 2.19. The Labute approximate surface area is 123 Å². The fourth-order valence-electron chi connectivity index (χ4n) is 2.35. The summed E-state index contributed by atoms with van der Waals surface area (Å²) < 4.78 is 3.83. The van der Waals surface area contributed by atoms with Crippen LogP contribution in [0.3, 0.4) is 0 Å². The molecule has 2 aromatic heterocycles. The van der Waals surface area contributed by atoms with Gasteiger partial charge in [-0.1, -0.05) is 11.6 Å². The summed E-state index contributed by atoms with van der Waals surface area (Å²) in [6.45, 7) is 5.58. The Morgan fingerprint density at radius 1 is 1.40 bits per heavy atom. The van der Waals surface area contributed by atoms with E-state index >= 15 is 0 Å². The second kappa shape index (κ2) is 5.22. The van der Waals surface area contributed by atoms with E-state index in [4.69, 9.17) is 11.6 Å². The fourth-order valence-corrected chi connectivity index (χ4v) is 2.57. The lowest BCUT2D eigenvalue weighted by molar-refractivity contribution is 0.604. The van der Waals surface area contributed by atoms with Gasteiger partial charge in [0.15, 0.2) is 0 Å². The Kier molecular flexibility index (Phi) is 3.56. The third-order valence-electron chi connectivity index (χ3n) is 3.92. The molecular formula is C14H20ClN5. The molecule has 0 radical (unpaired) electrons. The van der Waals surface area contributed by atoms with Gasteiger partial charge < -0.3 is 5.32 Å². The highest BCUT2D eigenvalue weighted by molar-refractivity contribution is 6.31. The molecule has 5 nitrogen and oxygen atoms in total. The van der Waals surface area contributed by atoms with Gasteiger partial charge in [0.05, 0.1) is 29.2 Å². The summed E-state index contributed by atoms with van der Waals surface area (Å²) in [6, 6.07) is 0.715. The van der Waals surface area contributed by atoms with Crippen LogP contribution in [0.25, 0.3) is 0 Å². The maximum absolute atomic E-state index is 6.30. The standard InChI is InChI=1S/C14H20ClN5/c1-9-14(15)13(19(3)18-9)8-20-10(2)11(7-17-20)6-16-12-4-5-12/h7,12,16H,4-6,8H2,1-3H3. The van der Waals surface area contributed by atoms with Crippen molar-refractivity contribution in [1.82, 2.24) is 24.9 Å². The molecule has 2 heterocycles. The lowest BCUT2D eigenvalue weighted by atomic mass is 10.2. The van der Waals surface area contributed by atoms with Crippen LogP contribution in [-0.2, 0) is 20.1 Å². The first-order valence-electron chi connectivity index (χ1n) is 6.99. The van der Waals surface area contributed by atoms with E-state index in [1.165, 1.54) is 24.1 Å². The Morgan fingerprint density at radius 3 is 2.75 bits per heavy atom. The van der Waals surface area contributed by atoms with Gasteiger partial charge in [-0.3, -0.25) is 9.36 Å². The summed E-state index contributed by atoms with van der Waals surface area (Å²) >= 11 is 6.30. The number of aryl methyl sites for hydroxylation is 2. The Morgan fingerprint density at radius 2 is 2.15 bits per heavy atom. The monoisotopic (exact) mass is 293 g/mol. The van der Waals surface area contributed by atoms with Crippen LogP contribution >= 0.6 is 11.6 Å². The summed E-state index contributed by atoms with van der Waals surface area (Å²) in [4.78, 5) is 0. The van der Waals surface area contributed by atoms with Gasteiger partial charge >= 0.3 is 0 Å². The van der Waals surface area contributed by atoms with Crippen LogP contribution in [0.4, 0.5) is 0 Å². The van der Waals surface area contributed by atoms with Crippen molar-refractivity contribution in [2.24, 2.45) is 7.05 Å². The quantitative estimate of drug-likeness (QED) is 0.919. The first kappa shape index (κ1) is 13.6. The fraction of sp³-hybridized carbons (Fsp3) is 0.571. The van der Waals surface area contributed by atoms with Gasteiger partial charge in [0, 0.05) is 30.9 Å². The van der Waals surface area contributed by atoms with E-state index in [1.807, 2.05) is 29.5 Å². The molecule has 1 aliphatic rings. The summed E-state index contributed by atoms with van der Waals surface area (Å²) in [5.41, 5.74) is 4.31. The van der Waals surface area contributed by atoms with Gasteiger partial charge in [-0.15, -0.1) is 0 Å². The maximum Gasteiger partial charge on any atom is 0.0866 e. The summed E-state index contributed by atoms with van der Waals surface area (Å²) in [7, 11) is 1.92. The number of nitrogens with one attached hydrogen (secondary N) is 1. The normalized spacial score (nSPS) is 15.0. The first-order valence-corrected chi connectivity index (χ1v) is 7.36. The van der Waals surface area contributed by atoms with E-state index < -0.39 is 0 Å². The highest BCUT2D eigenvalue weighted by atomic mass is 35.5. The number of halogens is 1. The zero-order valence-corrected chi connectivity index (χ0v) is 12.9. The Bertz CT molecular complexity index is 624. The van der Waals surface area contributed by atoms with Crippen molar-refractivity contribution in [3.05, 3.63) is 33.9 Å². The van der Waals surface area contributed by atoms with Gasteiger partial charge in [-0.25, -0.2) is 0 Å². The van der Waals surface area contributed by atoms with E-state index in [0.717, 1.165) is 23.0 Å². The zero-order chi connectivity index (χ0) is 14.3. The summed E-state index contributed by atoms with van der Waals surface area (Å²) in [5, 5.41) is 13.1. The third kappa shape index (κ3) is 2.60. The molecule has 1 saturated carbocycles. The number of hydrogen-bond acceptors (Lipinski definition) is 3. The highest BCUT2D eigenvalue weighted by Gasteiger charge is 2.21. The van der Waals surface area contributed by atoms with E-state index in [0.29, 0.717) is 12.6 Å². The highest BCUT2D eigenvalue weighted by Crippen LogP contribution is 2.22. The smallest absolute Gasteiger partial charge is 0.0866 e. The van der Waals surface area contributed by atoms with Crippen LogP contribution in [0.2, 0.25) is 5.02 Å². The molecule has 1 fully saturated rings. The van der Waals surface area contributed by atoms with E-state index in [9.17, 15) is 0 Å². The Hall–Kier alpha value is -1.33. The molecule has 0 saturated heterocycles. The number of nitrogens with zero attached hydrogens (tertiary/aromatic N) is 4. The van der Waals surface area contributed by atoms with Crippen molar-refractivity contribution >= 4 is 11.6 Å². The van der Waals surface area contributed by atoms with Crippen LogP contribution in [-0.4, -0.2) is 25.6 Å². The average Bonchev–Trinajstić information content (AvgIpc) is 3.13. The van der Waals surface area contributed by atoms with Gasteiger partial charge in [-0.2, -0.15) is 10.2 Å². The van der Waals surface area contributed by atoms with Crippen LogP contribution in [0.1, 0.15) is 35.5 Å². The van der Waals surface area contributed by atoms with Crippen molar-refractivity contribution in [1.29, 1.82) is 0 Å². The number of aromatic nitrogens is 4. The maximum atomic E-state index is 6.30. The predicted molar refractivity (Wildman–Crippen MR) is 78.9 cm³/mol. The van der Waals surface area contributed by atoms with Crippen molar-refractivity contribution in [2.45, 2.75) is 45.8 Å². The Balaban J connectivity index is 1.76. The van der Waals surface area contributed by atoms with Crippen molar-refractivity contribution in [2.75, 3.05) is 0 Å². The van der Waals surface area contributed by atoms with E-state index in [1.54, 1.807) is 0 Å². The molecule has 3 rings (SSSR count). The molecule has 0 unspecified atom stereocenters. The van der Waals surface area contributed by atoms with Gasteiger partial charge in [0.2, 0.25) is 0 Å². The minimum Gasteiger partial charge on any atom is -0.310 e. The van der Waals surface area contributed by atoms with E-state index in [-0.39, 0.29) is 0 Å². The SMILES string of the molecule is Cc1nn(C)c(Cn2ncc(CNC3CC3)c2C)c1Cl. The zero-order valence-electron chi connectivity index (χ0n) is 12.1. The van der Waals surface area contributed by atoms with Crippen molar-refractivity contribution < 1.29 is 0 Å². The van der Waals surface area contributed by atoms with Crippen molar-refractivity contribution in [3.8, 4) is 0 Å². The molecule has 0 aromatic carbocycles. The molecule has 0 bridgehead atoms. The van der Waals surface area contributed by atoms with Gasteiger partial charge in [-0.05, 0) is 26.7 Å². The molecule has 6 heteroatoms. The molecule has 20 heavy (non-hydrogen) atoms. The second-order valence-corrected chi connectivity index (χ2v) is 5.92. The molecule has 1 aliphatic carbocycles. The molecular weight excluding hydrogens is 274 g/mol. The molecule has 0 amide bonds. The van der Waals surface area contributed by atoms with Crippen LogP contribution in [0, 0.1) is 13.8 Å². The minimum absolute atomic E-state index is 0.658. The van der Waals surface area contributed by atoms with Crippen LogP contribution < -0.4 is 5.32 Å². The molecule has 0 aliphatic heterocycles. The first-order chi connectivity index (χ1) is 9.56. The lowest BCUT2D eigenvalue weighted by Crippen LogP contribution is -2.16. The van der Waals surface area contributed by atoms with Crippen LogP contribution in [0.15, 0.2) is 6.20 Å². The van der Waals surface area contributed by atoms with Gasteiger partial charge in [0.1, 0.15) is 0 Å². The molecule has 1 N–H and O–H groups in total. The molecule has 108 valence electrons. The summed E-state index contributed by atoms with van der Waals surface area (Å²) in [6.07, 6.45) is 4.55. The molecule has 0 spiro atoms. The molecule has 0 atom stereocenters. The largest absolute Gasteiger partial charge is 0.310 e. The summed E-state index contributed by atoms with van der Waals surface area (Å²) in [5.74, 6) is 0. The van der Waals surface area contributed by atoms with Crippen LogP contribution in [0.5, 0.6) is 0 Å². The van der Waals surface area contributed by atoms with E-state index in [2.05, 4.69) is 22.4 Å². The number of hydrogen-bond donors (Lipinski definition) is 1. The molecule has 2 aromatic rings. The lowest BCUT2D eigenvalue weighted by Gasteiger charge is -2.07. The number of rotatable bonds is 5. The average molecular weight is 294 g/mol. The second-order valence-electron chi connectivity index (χ2n) is 5.54. The van der Waals surface area contributed by atoms with Gasteiger partial charge in [0.25, 0.3) is 0 Å². The van der Waals surface area contributed by atoms with Crippen molar-refractivity contribution in [3.63, 3.8) is 0 Å². The topological polar surface area (TPSA) is 47.7 Å². The minimum atomic E-state index is 0.658.